The van der Waals surface area contributed by atoms with E-state index in [1.807, 2.05) is 7.05 Å². The number of fused-ring (bicyclic) bond motifs is 1. The Morgan fingerprint density at radius 2 is 1.95 bits per heavy atom. The van der Waals surface area contributed by atoms with E-state index in [4.69, 9.17) is 0 Å². The zero-order valence-corrected chi connectivity index (χ0v) is 13.3. The molecule has 0 saturated heterocycles. The van der Waals surface area contributed by atoms with Crippen LogP contribution in [-0.2, 0) is 24.2 Å². The molecule has 3 nitrogen and oxygen atoms in total. The molecule has 0 unspecified atom stereocenters. The number of carbonyl (C=O) groups excluding carboxylic acids is 1. The number of hydrogen-bond acceptors (Lipinski definition) is 2. The van der Waals surface area contributed by atoms with Gasteiger partial charge in [-0.2, -0.15) is 0 Å². The van der Waals surface area contributed by atoms with Crippen molar-refractivity contribution in [3.05, 3.63) is 34.9 Å². The van der Waals surface area contributed by atoms with E-state index in [0.29, 0.717) is 0 Å². The molecule has 1 heterocycles. The summed E-state index contributed by atoms with van der Waals surface area (Å²) in [6, 6.07) is 7.64. The van der Waals surface area contributed by atoms with Gasteiger partial charge in [-0.25, -0.2) is 0 Å². The first kappa shape index (κ1) is 14.6. The van der Waals surface area contributed by atoms with Crippen molar-refractivity contribution in [3.63, 3.8) is 0 Å². The van der Waals surface area contributed by atoms with Gasteiger partial charge in [0.25, 0.3) is 0 Å². The van der Waals surface area contributed by atoms with Crippen LogP contribution in [0.4, 0.5) is 0 Å². The fraction of sp³-hybridized carbons (Fsp3) is 0.611. The summed E-state index contributed by atoms with van der Waals surface area (Å²) in [5, 5.41) is 0. The second-order valence-corrected chi connectivity index (χ2v) is 6.60. The van der Waals surface area contributed by atoms with Crippen molar-refractivity contribution in [3.8, 4) is 0 Å². The summed E-state index contributed by atoms with van der Waals surface area (Å²) in [6.45, 7) is 4.75. The van der Waals surface area contributed by atoms with Crippen LogP contribution in [-0.4, -0.2) is 41.9 Å². The number of rotatable bonds is 3. The predicted molar refractivity (Wildman–Crippen MR) is 85.2 cm³/mol. The molecule has 0 aromatic heterocycles. The molecule has 1 aliphatic carbocycles. The normalized spacial score (nSPS) is 19.5. The Labute approximate surface area is 127 Å². The van der Waals surface area contributed by atoms with E-state index in [-0.39, 0.29) is 5.91 Å². The third kappa shape index (κ3) is 3.29. The maximum absolute atomic E-state index is 11.4. The van der Waals surface area contributed by atoms with Gasteiger partial charge in [0.05, 0.1) is 0 Å². The molecule has 0 N–H and O–H groups in total. The molecule has 0 radical (unpaired) electrons. The highest BCUT2D eigenvalue weighted by Crippen LogP contribution is 2.27. The zero-order chi connectivity index (χ0) is 14.8. The molecule has 21 heavy (non-hydrogen) atoms. The molecule has 1 amide bonds. The molecular weight excluding hydrogens is 260 g/mol. The smallest absolute Gasteiger partial charge is 0.219 e. The summed E-state index contributed by atoms with van der Waals surface area (Å²) in [7, 11) is 1.87. The molecule has 2 aliphatic rings. The average molecular weight is 286 g/mol. The van der Waals surface area contributed by atoms with Crippen LogP contribution in [0.2, 0.25) is 0 Å². The van der Waals surface area contributed by atoms with E-state index in [9.17, 15) is 4.79 Å². The van der Waals surface area contributed by atoms with Gasteiger partial charge in [0, 0.05) is 39.6 Å². The molecule has 3 heteroatoms. The second kappa shape index (κ2) is 6.18. The molecule has 1 saturated carbocycles. The lowest BCUT2D eigenvalue weighted by Crippen LogP contribution is -2.41. The molecule has 1 fully saturated rings. The van der Waals surface area contributed by atoms with Crippen LogP contribution in [0.5, 0.6) is 0 Å². The van der Waals surface area contributed by atoms with E-state index in [1.165, 1.54) is 55.5 Å². The number of carbonyl (C=O) groups is 1. The first-order valence-corrected chi connectivity index (χ1v) is 8.20. The van der Waals surface area contributed by atoms with Crippen molar-refractivity contribution in [1.82, 2.24) is 9.80 Å². The van der Waals surface area contributed by atoms with Gasteiger partial charge >= 0.3 is 0 Å². The molecule has 0 atom stereocenters. The van der Waals surface area contributed by atoms with Gasteiger partial charge in [0.1, 0.15) is 0 Å². The molecule has 0 bridgehead atoms. The quantitative estimate of drug-likeness (QED) is 0.853. The molecule has 114 valence electrons. The number of nitrogens with zero attached hydrogens (tertiary/aromatic N) is 2. The first-order valence-electron chi connectivity index (χ1n) is 8.20. The van der Waals surface area contributed by atoms with E-state index < -0.39 is 0 Å². The van der Waals surface area contributed by atoms with Gasteiger partial charge in [-0.15, -0.1) is 0 Å². The highest BCUT2D eigenvalue weighted by atomic mass is 16.2. The topological polar surface area (TPSA) is 23.6 Å². The Hall–Kier alpha value is -1.35. The average Bonchev–Trinajstić information content (AvgIpc) is 2.60. The van der Waals surface area contributed by atoms with E-state index >= 15 is 0 Å². The van der Waals surface area contributed by atoms with Crippen LogP contribution in [0.15, 0.2) is 18.2 Å². The van der Waals surface area contributed by atoms with Crippen molar-refractivity contribution in [2.75, 3.05) is 20.1 Å². The van der Waals surface area contributed by atoms with Gasteiger partial charge in [0.15, 0.2) is 0 Å². The molecule has 1 aromatic carbocycles. The minimum Gasteiger partial charge on any atom is -0.342 e. The van der Waals surface area contributed by atoms with E-state index in [1.54, 1.807) is 11.8 Å². The summed E-state index contributed by atoms with van der Waals surface area (Å²) < 4.78 is 0. The Balaban J connectivity index is 1.69. The van der Waals surface area contributed by atoms with E-state index in [2.05, 4.69) is 23.1 Å². The summed E-state index contributed by atoms with van der Waals surface area (Å²) >= 11 is 0. The van der Waals surface area contributed by atoms with Crippen molar-refractivity contribution in [1.29, 1.82) is 0 Å². The summed E-state index contributed by atoms with van der Waals surface area (Å²) in [6.07, 6.45) is 6.53. The van der Waals surface area contributed by atoms with Gasteiger partial charge in [-0.3, -0.25) is 9.69 Å². The molecule has 1 aliphatic heterocycles. The maximum atomic E-state index is 11.4. The number of amides is 1. The number of hydrogen-bond donors (Lipinski definition) is 0. The predicted octanol–water partition coefficient (Wildman–Crippen LogP) is 2.62. The zero-order valence-electron chi connectivity index (χ0n) is 13.3. The Bertz CT molecular complexity index is 522. The largest absolute Gasteiger partial charge is 0.342 e. The van der Waals surface area contributed by atoms with Gasteiger partial charge in [-0.1, -0.05) is 24.6 Å². The first-order chi connectivity index (χ1) is 10.1. The number of benzene rings is 1. The standard InChI is InChI=1S/C18H26N2O/c1-14(21)19(2)13-15-6-7-16-8-10-20(18-4-3-5-18)11-9-17(16)12-15/h6-7,12,18H,3-5,8-11,13H2,1-2H3. The van der Waals surface area contributed by atoms with Crippen molar-refractivity contribution >= 4 is 5.91 Å². The lowest BCUT2D eigenvalue weighted by atomic mass is 9.91. The van der Waals surface area contributed by atoms with E-state index in [0.717, 1.165) is 19.0 Å². The SMILES string of the molecule is CC(=O)N(C)Cc1ccc2c(c1)CCN(C1CCC1)CC2. The van der Waals surface area contributed by atoms with Gasteiger partial charge in [-0.05, 0) is 42.4 Å². The van der Waals surface area contributed by atoms with Crippen LogP contribution >= 0.6 is 0 Å². The second-order valence-electron chi connectivity index (χ2n) is 6.60. The molecule has 3 rings (SSSR count). The van der Waals surface area contributed by atoms with Crippen LogP contribution in [0.25, 0.3) is 0 Å². The van der Waals surface area contributed by atoms with Crippen LogP contribution in [0.3, 0.4) is 0 Å². The van der Waals surface area contributed by atoms with Crippen LogP contribution in [0.1, 0.15) is 42.9 Å². The highest BCUT2D eigenvalue weighted by Gasteiger charge is 2.26. The lowest BCUT2D eigenvalue weighted by molar-refractivity contribution is -0.128. The summed E-state index contributed by atoms with van der Waals surface area (Å²) in [5.41, 5.74) is 4.25. The van der Waals surface area contributed by atoms with Gasteiger partial charge in [0.2, 0.25) is 5.91 Å². The Kier molecular flexibility index (Phi) is 4.29. The fourth-order valence-electron chi connectivity index (χ4n) is 3.40. The summed E-state index contributed by atoms with van der Waals surface area (Å²) in [5.74, 6) is 0.126. The lowest BCUT2D eigenvalue weighted by Gasteiger charge is -2.36. The summed E-state index contributed by atoms with van der Waals surface area (Å²) in [4.78, 5) is 15.8. The molecule has 1 aromatic rings. The van der Waals surface area contributed by atoms with Gasteiger partial charge < -0.3 is 4.90 Å². The third-order valence-electron chi connectivity index (χ3n) is 5.16. The highest BCUT2D eigenvalue weighted by molar-refractivity contribution is 5.72. The minimum absolute atomic E-state index is 0.126. The Morgan fingerprint density at radius 3 is 2.57 bits per heavy atom. The maximum Gasteiger partial charge on any atom is 0.219 e. The van der Waals surface area contributed by atoms with Crippen molar-refractivity contribution in [2.24, 2.45) is 0 Å². The molecular formula is C18H26N2O. The monoisotopic (exact) mass is 286 g/mol. The molecule has 0 spiro atoms. The van der Waals surface area contributed by atoms with Crippen molar-refractivity contribution in [2.45, 2.75) is 51.6 Å². The fourth-order valence-corrected chi connectivity index (χ4v) is 3.40. The minimum atomic E-state index is 0.126. The van der Waals surface area contributed by atoms with Crippen molar-refractivity contribution < 1.29 is 4.79 Å². The van der Waals surface area contributed by atoms with Crippen LogP contribution in [0, 0.1) is 0 Å². The van der Waals surface area contributed by atoms with Crippen LogP contribution < -0.4 is 0 Å². The Morgan fingerprint density at radius 1 is 1.24 bits per heavy atom. The third-order valence-corrected chi connectivity index (χ3v) is 5.16.